The van der Waals surface area contributed by atoms with Gasteiger partial charge in [-0.15, -0.1) is 0 Å². The molecule has 0 radical (unpaired) electrons. The summed E-state index contributed by atoms with van der Waals surface area (Å²) in [7, 11) is 0. The Morgan fingerprint density at radius 1 is 0.875 bits per heavy atom. The summed E-state index contributed by atoms with van der Waals surface area (Å²) in [6.45, 7) is 5.06. The van der Waals surface area contributed by atoms with E-state index >= 15 is 0 Å². The Morgan fingerprint density at radius 3 is 2.38 bits per heavy atom. The van der Waals surface area contributed by atoms with E-state index in [1.165, 1.54) is 28.7 Å². The zero-order valence-electron chi connectivity index (χ0n) is 13.9. The van der Waals surface area contributed by atoms with E-state index in [4.69, 9.17) is 0 Å². The van der Waals surface area contributed by atoms with Crippen LogP contribution in [0.3, 0.4) is 0 Å². The van der Waals surface area contributed by atoms with E-state index < -0.39 is 5.92 Å². The van der Waals surface area contributed by atoms with Crippen LogP contribution >= 0.6 is 0 Å². The van der Waals surface area contributed by atoms with Crippen LogP contribution in [-0.2, 0) is 28.8 Å². The van der Waals surface area contributed by atoms with Crippen molar-refractivity contribution in [3.8, 4) is 11.1 Å². The zero-order chi connectivity index (χ0) is 15.1. The number of halogens is 2. The Bertz CT molecular complexity index is 809. The van der Waals surface area contributed by atoms with Gasteiger partial charge in [0.2, 0.25) is 0 Å². The summed E-state index contributed by atoms with van der Waals surface area (Å²) in [5.41, 5.74) is 9.08. The average Bonchev–Trinajstić information content (AvgIpc) is 3.10. The van der Waals surface area contributed by atoms with Gasteiger partial charge >= 0.3 is 146 Å². The van der Waals surface area contributed by atoms with Crippen LogP contribution in [0.2, 0.25) is 13.1 Å². The van der Waals surface area contributed by atoms with E-state index in [-0.39, 0.29) is 47.2 Å². The third kappa shape index (κ3) is 3.58. The average molecular weight is 451 g/mol. The first kappa shape index (κ1) is 19.9. The second kappa shape index (κ2) is 8.32. The molecule has 0 fully saturated rings. The molecule has 24 heavy (non-hydrogen) atoms. The molecule has 0 aromatic heterocycles. The molecule has 0 saturated heterocycles. The second-order valence-corrected chi connectivity index (χ2v) is 21.2. The van der Waals surface area contributed by atoms with Crippen molar-refractivity contribution in [2.45, 2.75) is 25.9 Å². The molecule has 2 aliphatic carbocycles. The smallest absolute Gasteiger partial charge is 1.00 e. The SMILES string of the molecule is C[SiH](C)[Zr+2][C]1=C(c2cccc3c2Cc2ccccc2-3)C=CC1.[Cl-].[Cl-]. The number of allylic oxidation sites excluding steroid dienone is 4. The van der Waals surface area contributed by atoms with Gasteiger partial charge in [0, 0.05) is 0 Å². The van der Waals surface area contributed by atoms with Crippen molar-refractivity contribution in [1.82, 2.24) is 0 Å². The number of hydrogen-bond acceptors (Lipinski definition) is 0. The number of rotatable bonds is 3. The summed E-state index contributed by atoms with van der Waals surface area (Å²) in [6.07, 6.45) is 7.15. The summed E-state index contributed by atoms with van der Waals surface area (Å²) in [4.78, 5) is 0. The van der Waals surface area contributed by atoms with Crippen LogP contribution in [0.25, 0.3) is 16.7 Å². The molecule has 0 aliphatic heterocycles. The summed E-state index contributed by atoms with van der Waals surface area (Å²) in [5, 5.41) is 0. The molecule has 2 aliphatic rings. The van der Waals surface area contributed by atoms with Gasteiger partial charge in [0.15, 0.2) is 0 Å². The van der Waals surface area contributed by atoms with Gasteiger partial charge in [-0.3, -0.25) is 0 Å². The van der Waals surface area contributed by atoms with Crippen molar-refractivity contribution >= 4 is 11.5 Å². The van der Waals surface area contributed by atoms with Gasteiger partial charge in [0.05, 0.1) is 0 Å². The van der Waals surface area contributed by atoms with Crippen LogP contribution < -0.4 is 24.8 Å². The topological polar surface area (TPSA) is 0 Å². The first-order valence-electron chi connectivity index (χ1n) is 8.11. The molecule has 2 aromatic carbocycles. The van der Waals surface area contributed by atoms with Gasteiger partial charge in [0.25, 0.3) is 0 Å². The fraction of sp³-hybridized carbons (Fsp3) is 0.200. The Balaban J connectivity index is 0.00000104. The molecule has 2 aromatic rings. The minimum atomic E-state index is -0.395. The van der Waals surface area contributed by atoms with Gasteiger partial charge in [-0.2, -0.15) is 0 Å². The van der Waals surface area contributed by atoms with Crippen LogP contribution in [-0.4, -0.2) is 5.92 Å². The van der Waals surface area contributed by atoms with Crippen molar-refractivity contribution in [2.24, 2.45) is 0 Å². The molecule has 0 N–H and O–H groups in total. The van der Waals surface area contributed by atoms with Gasteiger partial charge < -0.3 is 24.8 Å². The van der Waals surface area contributed by atoms with Crippen molar-refractivity contribution < 1.29 is 47.2 Å². The molecular weight excluding hydrogens is 430 g/mol. The third-order valence-corrected chi connectivity index (χ3v) is 13.5. The molecule has 0 unspecified atom stereocenters. The molecule has 0 heterocycles. The van der Waals surface area contributed by atoms with Crippen LogP contribution in [0.1, 0.15) is 23.1 Å². The summed E-state index contributed by atoms with van der Waals surface area (Å²) >= 11 is -0.294. The van der Waals surface area contributed by atoms with Gasteiger partial charge in [-0.05, 0) is 0 Å². The molecule has 4 heteroatoms. The maximum atomic E-state index is 2.53. The van der Waals surface area contributed by atoms with E-state index in [1.807, 2.05) is 3.28 Å². The van der Waals surface area contributed by atoms with Crippen molar-refractivity contribution in [3.63, 3.8) is 0 Å². The van der Waals surface area contributed by atoms with Gasteiger partial charge in [0.1, 0.15) is 0 Å². The quantitative estimate of drug-likeness (QED) is 0.450. The van der Waals surface area contributed by atoms with Gasteiger partial charge in [-0.1, -0.05) is 0 Å². The minimum Gasteiger partial charge on any atom is -1.00 e. The summed E-state index contributed by atoms with van der Waals surface area (Å²) < 4.78 is 1.84. The van der Waals surface area contributed by atoms with E-state index in [0.717, 1.165) is 6.42 Å². The number of benzene rings is 2. The fourth-order valence-electron chi connectivity index (χ4n) is 3.65. The monoisotopic (exact) mass is 448 g/mol. The Morgan fingerprint density at radius 2 is 1.58 bits per heavy atom. The predicted octanol–water partition coefficient (Wildman–Crippen LogP) is -0.997. The third-order valence-electron chi connectivity index (χ3n) is 4.54. The summed E-state index contributed by atoms with van der Waals surface area (Å²) in [6, 6.07) is 15.8. The zero-order valence-corrected chi connectivity index (χ0v) is 19.1. The van der Waals surface area contributed by atoms with E-state index in [9.17, 15) is 0 Å². The molecular formula is C20H20Cl2SiZr. The molecule has 4 rings (SSSR count). The van der Waals surface area contributed by atoms with Crippen molar-refractivity contribution in [3.05, 3.63) is 74.6 Å². The van der Waals surface area contributed by atoms with E-state index in [2.05, 4.69) is 67.7 Å². The Hall–Kier alpha value is -0.400. The molecule has 0 atom stereocenters. The second-order valence-electron chi connectivity index (χ2n) is 6.46. The minimum absolute atomic E-state index is 0. The maximum Gasteiger partial charge on any atom is -1.00 e. The Kier molecular flexibility index (Phi) is 6.90. The first-order valence-corrected chi connectivity index (χ1v) is 16.5. The number of fused-ring (bicyclic) bond motifs is 3. The molecule has 0 spiro atoms. The number of hydrogen-bond donors (Lipinski definition) is 0. The van der Waals surface area contributed by atoms with Crippen LogP contribution in [0.4, 0.5) is 0 Å². The maximum absolute atomic E-state index is 2.53. The van der Waals surface area contributed by atoms with Crippen LogP contribution in [0.15, 0.2) is 57.9 Å². The fourth-order valence-corrected chi connectivity index (χ4v) is 12.6. The van der Waals surface area contributed by atoms with Crippen LogP contribution in [0.5, 0.6) is 0 Å². The molecule has 122 valence electrons. The molecule has 0 amide bonds. The standard InChI is InChI=1S/C18H13.C2H7Si.2ClH.Zr/c1-2-7-13(6-1)15-10-5-11-17-16-9-4-3-8-14(16)12-18(15)17;1-3-2;;;/h1,3-6,8-11H,2,12H2;3H,1-2H3;2*1H;/q;;;;+2/p-2. The van der Waals surface area contributed by atoms with Crippen LogP contribution in [0, 0.1) is 0 Å². The first-order chi connectivity index (χ1) is 10.7. The molecule has 0 saturated carbocycles. The molecule has 0 nitrogen and oxygen atoms in total. The largest absolute Gasteiger partial charge is 1.00 e. The van der Waals surface area contributed by atoms with E-state index in [1.54, 1.807) is 11.1 Å². The summed E-state index contributed by atoms with van der Waals surface area (Å²) in [5.74, 6) is -0.395. The normalized spacial score (nSPS) is 14.0. The van der Waals surface area contributed by atoms with Gasteiger partial charge in [-0.25, -0.2) is 0 Å². The predicted molar refractivity (Wildman–Crippen MR) is 94.2 cm³/mol. The van der Waals surface area contributed by atoms with Crippen molar-refractivity contribution in [2.75, 3.05) is 0 Å². The Labute approximate surface area is 169 Å². The van der Waals surface area contributed by atoms with E-state index in [0.29, 0.717) is 0 Å². The van der Waals surface area contributed by atoms with Crippen molar-refractivity contribution in [1.29, 1.82) is 0 Å². The molecule has 0 bridgehead atoms.